The summed E-state index contributed by atoms with van der Waals surface area (Å²) in [7, 11) is 2.13. The third-order valence-corrected chi connectivity index (χ3v) is 3.42. The van der Waals surface area contributed by atoms with Crippen LogP contribution in [0.4, 0.5) is 5.69 Å². The van der Waals surface area contributed by atoms with E-state index in [1.165, 1.54) is 16.8 Å². The summed E-state index contributed by atoms with van der Waals surface area (Å²) in [6, 6.07) is 19.2. The van der Waals surface area contributed by atoms with Gasteiger partial charge in [0.25, 0.3) is 0 Å². The van der Waals surface area contributed by atoms with Crippen LogP contribution >= 0.6 is 0 Å². The molecular formula is C18H21N. The van der Waals surface area contributed by atoms with Crippen LogP contribution in [0.2, 0.25) is 0 Å². The van der Waals surface area contributed by atoms with Crippen LogP contribution in [0.5, 0.6) is 0 Å². The van der Waals surface area contributed by atoms with E-state index in [0.717, 1.165) is 0 Å². The maximum atomic E-state index is 2.29. The lowest BCUT2D eigenvalue weighted by molar-refractivity contribution is 0.817. The fourth-order valence-electron chi connectivity index (χ4n) is 2.08. The first kappa shape index (κ1) is 13.4. The van der Waals surface area contributed by atoms with Crippen molar-refractivity contribution < 1.29 is 0 Å². The van der Waals surface area contributed by atoms with Crippen LogP contribution in [0.3, 0.4) is 0 Å². The van der Waals surface area contributed by atoms with Crippen LogP contribution in [0.15, 0.2) is 60.7 Å². The number of hydrogen-bond donors (Lipinski definition) is 0. The van der Waals surface area contributed by atoms with Crippen molar-refractivity contribution in [1.82, 2.24) is 0 Å². The van der Waals surface area contributed by atoms with Gasteiger partial charge < -0.3 is 4.90 Å². The summed E-state index contributed by atoms with van der Waals surface area (Å²) >= 11 is 0. The van der Waals surface area contributed by atoms with Gasteiger partial charge in [-0.3, -0.25) is 0 Å². The van der Waals surface area contributed by atoms with Gasteiger partial charge in [-0.15, -0.1) is 0 Å². The zero-order valence-corrected chi connectivity index (χ0v) is 11.9. The van der Waals surface area contributed by atoms with E-state index in [0.29, 0.717) is 6.04 Å². The smallest absolute Gasteiger partial charge is 0.0445 e. The predicted octanol–water partition coefficient (Wildman–Crippen LogP) is 4.53. The number of rotatable bonds is 0. The Bertz CT molecular complexity index is 543. The predicted molar refractivity (Wildman–Crippen MR) is 84.5 cm³/mol. The van der Waals surface area contributed by atoms with Crippen molar-refractivity contribution in [2.75, 3.05) is 11.9 Å². The highest BCUT2D eigenvalue weighted by Crippen LogP contribution is 2.26. The summed E-state index contributed by atoms with van der Waals surface area (Å²) < 4.78 is 0. The van der Waals surface area contributed by atoms with Crippen molar-refractivity contribution in [3.05, 3.63) is 71.8 Å². The molecule has 1 heterocycles. The minimum Gasteiger partial charge on any atom is -0.368 e. The third kappa shape index (κ3) is 3.47. The molecule has 0 amide bonds. The van der Waals surface area contributed by atoms with Crippen LogP contribution in [-0.2, 0) is 0 Å². The lowest BCUT2D eigenvalue weighted by atomic mass is 10.1. The molecule has 1 unspecified atom stereocenters. The van der Waals surface area contributed by atoms with Crippen molar-refractivity contribution in [2.24, 2.45) is 0 Å². The van der Waals surface area contributed by atoms with Gasteiger partial charge in [-0.05, 0) is 25.5 Å². The van der Waals surface area contributed by atoms with Crippen LogP contribution < -0.4 is 4.90 Å². The number of likely N-dealkylation sites (N-methyl/N-ethyl adjacent to an activating group) is 1. The average molecular weight is 251 g/mol. The molecule has 0 saturated carbocycles. The van der Waals surface area contributed by atoms with E-state index in [2.05, 4.69) is 74.3 Å². The molecule has 0 fully saturated rings. The first-order chi connectivity index (χ1) is 9.18. The molecule has 2 aromatic carbocycles. The zero-order valence-electron chi connectivity index (χ0n) is 11.9. The SMILES string of the molecule is CC1C=Cc2ccccc2N1C.Cc1ccccc1. The fourth-order valence-corrected chi connectivity index (χ4v) is 2.08. The van der Waals surface area contributed by atoms with Crippen molar-refractivity contribution >= 4 is 11.8 Å². The molecular weight excluding hydrogens is 230 g/mol. The molecule has 2 aromatic rings. The Balaban J connectivity index is 0.000000163. The van der Waals surface area contributed by atoms with Crippen molar-refractivity contribution in [3.63, 3.8) is 0 Å². The molecule has 0 bridgehead atoms. The molecule has 1 aliphatic rings. The van der Waals surface area contributed by atoms with Gasteiger partial charge in [0, 0.05) is 18.8 Å². The lowest BCUT2D eigenvalue weighted by Crippen LogP contribution is -2.29. The topological polar surface area (TPSA) is 3.24 Å². The quantitative estimate of drug-likeness (QED) is 0.664. The van der Waals surface area contributed by atoms with Gasteiger partial charge in [-0.25, -0.2) is 0 Å². The molecule has 3 rings (SSSR count). The first-order valence-corrected chi connectivity index (χ1v) is 6.70. The Hall–Kier alpha value is -2.02. The van der Waals surface area contributed by atoms with Gasteiger partial charge in [0.2, 0.25) is 0 Å². The van der Waals surface area contributed by atoms with Gasteiger partial charge in [-0.2, -0.15) is 0 Å². The molecule has 1 aliphatic heterocycles. The van der Waals surface area contributed by atoms with Crippen LogP contribution in [0.1, 0.15) is 18.1 Å². The van der Waals surface area contributed by atoms with Gasteiger partial charge in [-0.1, -0.05) is 66.2 Å². The molecule has 0 radical (unpaired) electrons. The molecule has 98 valence electrons. The Kier molecular flexibility index (Phi) is 4.40. The first-order valence-electron chi connectivity index (χ1n) is 6.70. The molecule has 1 nitrogen and oxygen atoms in total. The summed E-state index contributed by atoms with van der Waals surface area (Å²) in [6.07, 6.45) is 4.42. The third-order valence-electron chi connectivity index (χ3n) is 3.42. The number of para-hydroxylation sites is 1. The second-order valence-electron chi connectivity index (χ2n) is 4.92. The van der Waals surface area contributed by atoms with E-state index in [-0.39, 0.29) is 0 Å². The Morgan fingerprint density at radius 3 is 2.16 bits per heavy atom. The maximum absolute atomic E-state index is 2.29. The molecule has 0 aromatic heterocycles. The standard InChI is InChI=1S/C11H13N.C7H8/c1-9-7-8-10-5-3-4-6-11(10)12(9)2;1-7-5-3-2-4-6-7/h3-9H,1-2H3;2-6H,1H3. The van der Waals surface area contributed by atoms with Crippen molar-refractivity contribution in [2.45, 2.75) is 19.9 Å². The summed E-state index contributed by atoms with van der Waals surface area (Å²) in [5.41, 5.74) is 3.97. The Morgan fingerprint density at radius 1 is 0.895 bits per heavy atom. The number of benzene rings is 2. The van der Waals surface area contributed by atoms with E-state index in [9.17, 15) is 0 Å². The van der Waals surface area contributed by atoms with Gasteiger partial charge in [0.15, 0.2) is 0 Å². The second-order valence-corrected chi connectivity index (χ2v) is 4.92. The summed E-state index contributed by atoms with van der Waals surface area (Å²) in [6.45, 7) is 4.28. The minimum absolute atomic E-state index is 0.514. The summed E-state index contributed by atoms with van der Waals surface area (Å²) in [4.78, 5) is 2.29. The molecule has 0 saturated heterocycles. The Morgan fingerprint density at radius 2 is 1.53 bits per heavy atom. The van der Waals surface area contributed by atoms with Gasteiger partial charge >= 0.3 is 0 Å². The second kappa shape index (κ2) is 6.24. The molecule has 0 N–H and O–H groups in total. The highest BCUT2D eigenvalue weighted by molar-refractivity contribution is 5.71. The summed E-state index contributed by atoms with van der Waals surface area (Å²) in [5, 5.41) is 0. The monoisotopic (exact) mass is 251 g/mol. The minimum atomic E-state index is 0.514. The molecule has 1 atom stereocenters. The van der Waals surface area contributed by atoms with Gasteiger partial charge in [0.05, 0.1) is 0 Å². The summed E-state index contributed by atoms with van der Waals surface area (Å²) in [5.74, 6) is 0. The lowest BCUT2D eigenvalue weighted by Gasteiger charge is -2.29. The number of fused-ring (bicyclic) bond motifs is 1. The maximum Gasteiger partial charge on any atom is 0.0445 e. The van der Waals surface area contributed by atoms with Crippen molar-refractivity contribution in [3.8, 4) is 0 Å². The van der Waals surface area contributed by atoms with E-state index in [4.69, 9.17) is 0 Å². The number of nitrogens with zero attached hydrogens (tertiary/aromatic N) is 1. The molecule has 19 heavy (non-hydrogen) atoms. The highest BCUT2D eigenvalue weighted by atomic mass is 15.1. The van der Waals surface area contributed by atoms with E-state index in [1.807, 2.05) is 18.2 Å². The van der Waals surface area contributed by atoms with E-state index >= 15 is 0 Å². The zero-order chi connectivity index (χ0) is 13.7. The highest BCUT2D eigenvalue weighted by Gasteiger charge is 2.13. The molecule has 0 spiro atoms. The van der Waals surface area contributed by atoms with Crippen molar-refractivity contribution in [1.29, 1.82) is 0 Å². The largest absolute Gasteiger partial charge is 0.368 e. The molecule has 1 heteroatoms. The van der Waals surface area contributed by atoms with E-state index in [1.54, 1.807) is 0 Å². The molecule has 0 aliphatic carbocycles. The normalized spacial score (nSPS) is 16.4. The number of hydrogen-bond acceptors (Lipinski definition) is 1. The van der Waals surface area contributed by atoms with Crippen LogP contribution in [-0.4, -0.2) is 13.1 Å². The van der Waals surface area contributed by atoms with Crippen LogP contribution in [0.25, 0.3) is 6.08 Å². The number of anilines is 1. The van der Waals surface area contributed by atoms with E-state index < -0.39 is 0 Å². The van der Waals surface area contributed by atoms with Gasteiger partial charge in [0.1, 0.15) is 0 Å². The van der Waals surface area contributed by atoms with Crippen LogP contribution in [0, 0.1) is 6.92 Å². The average Bonchev–Trinajstić information content (AvgIpc) is 2.45. The fraction of sp³-hybridized carbons (Fsp3) is 0.222. The number of aryl methyl sites for hydroxylation is 1. The Labute approximate surface area is 116 Å².